The van der Waals surface area contributed by atoms with Crippen molar-refractivity contribution in [2.75, 3.05) is 51.8 Å². The summed E-state index contributed by atoms with van der Waals surface area (Å²) in [5.41, 5.74) is 1.12. The van der Waals surface area contributed by atoms with Gasteiger partial charge in [-0.15, -0.1) is 0 Å². The molecular formula is C28H38N4O5S2. The lowest BCUT2D eigenvalue weighted by atomic mass is 10.1. The van der Waals surface area contributed by atoms with Crippen LogP contribution in [0.25, 0.3) is 10.2 Å². The van der Waals surface area contributed by atoms with E-state index in [-0.39, 0.29) is 16.8 Å². The molecule has 1 fully saturated rings. The molecule has 9 nitrogen and oxygen atoms in total. The number of aromatic nitrogens is 1. The molecule has 212 valence electrons. The Morgan fingerprint density at radius 3 is 2.33 bits per heavy atom. The van der Waals surface area contributed by atoms with Gasteiger partial charge in [0, 0.05) is 43.4 Å². The number of likely N-dealkylation sites (N-methyl/N-ethyl adjacent to an activating group) is 1. The number of methoxy groups -OCH3 is 2. The predicted octanol–water partition coefficient (Wildman–Crippen LogP) is 4.87. The lowest BCUT2D eigenvalue weighted by Crippen LogP contribution is -2.42. The van der Waals surface area contributed by atoms with E-state index < -0.39 is 10.0 Å². The number of amides is 1. The summed E-state index contributed by atoms with van der Waals surface area (Å²) < 4.78 is 39.9. The zero-order chi connectivity index (χ0) is 28.2. The Labute approximate surface area is 235 Å². The summed E-state index contributed by atoms with van der Waals surface area (Å²) in [6.07, 6.45) is 2.76. The molecule has 1 atom stereocenters. The molecule has 1 amide bonds. The molecule has 0 spiro atoms. The summed E-state index contributed by atoms with van der Waals surface area (Å²) in [6.45, 7) is 9.52. The van der Waals surface area contributed by atoms with E-state index in [1.807, 2.05) is 19.1 Å². The Hall–Kier alpha value is -2.73. The maximum Gasteiger partial charge on any atom is 0.260 e. The number of carbonyl (C=O) groups excluding carboxylic acids is 1. The molecule has 1 unspecified atom stereocenters. The van der Waals surface area contributed by atoms with Crippen molar-refractivity contribution in [3.05, 3.63) is 42.0 Å². The van der Waals surface area contributed by atoms with Crippen molar-refractivity contribution in [3.8, 4) is 11.5 Å². The lowest BCUT2D eigenvalue weighted by Gasteiger charge is -2.32. The minimum atomic E-state index is -3.62. The topological polar surface area (TPSA) is 92.3 Å². The van der Waals surface area contributed by atoms with Crippen LogP contribution in [0.5, 0.6) is 11.5 Å². The smallest absolute Gasteiger partial charge is 0.260 e. The third-order valence-electron chi connectivity index (χ3n) is 7.34. The molecule has 1 aromatic heterocycles. The molecule has 11 heteroatoms. The number of fused-ring (bicyclic) bond motifs is 1. The van der Waals surface area contributed by atoms with Gasteiger partial charge in [-0.2, -0.15) is 4.31 Å². The first kappa shape index (κ1) is 29.3. The van der Waals surface area contributed by atoms with E-state index in [1.165, 1.54) is 11.3 Å². The van der Waals surface area contributed by atoms with Gasteiger partial charge in [0.25, 0.3) is 5.91 Å². The van der Waals surface area contributed by atoms with Crippen LogP contribution in [0.1, 0.15) is 50.4 Å². The highest BCUT2D eigenvalue weighted by Gasteiger charge is 2.31. The summed E-state index contributed by atoms with van der Waals surface area (Å²) in [5.74, 6) is 0.944. The third-order valence-corrected chi connectivity index (χ3v) is 10.4. The molecule has 0 aliphatic carbocycles. The zero-order valence-electron chi connectivity index (χ0n) is 23.3. The van der Waals surface area contributed by atoms with Gasteiger partial charge in [0.05, 0.1) is 29.3 Å². The fourth-order valence-corrected chi connectivity index (χ4v) is 7.61. The molecule has 4 rings (SSSR count). The molecule has 39 heavy (non-hydrogen) atoms. The van der Waals surface area contributed by atoms with Gasteiger partial charge in [-0.25, -0.2) is 13.4 Å². The van der Waals surface area contributed by atoms with Crippen LogP contribution in [0.15, 0.2) is 41.3 Å². The second-order valence-electron chi connectivity index (χ2n) is 9.64. The van der Waals surface area contributed by atoms with Gasteiger partial charge in [0.2, 0.25) is 10.0 Å². The van der Waals surface area contributed by atoms with Gasteiger partial charge >= 0.3 is 0 Å². The Morgan fingerprint density at radius 1 is 1.05 bits per heavy atom. The van der Waals surface area contributed by atoms with Crippen LogP contribution in [0.4, 0.5) is 5.13 Å². The fourth-order valence-electron chi connectivity index (χ4n) is 4.91. The molecule has 0 bridgehead atoms. The Morgan fingerprint density at radius 2 is 1.72 bits per heavy atom. The normalized spacial score (nSPS) is 16.5. The van der Waals surface area contributed by atoms with Crippen molar-refractivity contribution < 1.29 is 22.7 Å². The number of sulfonamides is 1. The highest BCUT2D eigenvalue weighted by molar-refractivity contribution is 7.89. The maximum absolute atomic E-state index is 13.8. The van der Waals surface area contributed by atoms with Crippen molar-refractivity contribution >= 4 is 42.6 Å². The largest absolute Gasteiger partial charge is 0.493 e. The number of benzene rings is 2. The average Bonchev–Trinajstić information content (AvgIpc) is 3.37. The molecular weight excluding hydrogens is 536 g/mol. The number of ether oxygens (including phenoxy) is 2. The summed E-state index contributed by atoms with van der Waals surface area (Å²) >= 11 is 1.41. The fraction of sp³-hybridized carbons (Fsp3) is 0.500. The number of nitrogens with zero attached hydrogens (tertiary/aromatic N) is 4. The molecule has 3 aromatic rings. The van der Waals surface area contributed by atoms with Crippen molar-refractivity contribution in [1.29, 1.82) is 0 Å². The summed E-state index contributed by atoms with van der Waals surface area (Å²) in [5, 5.41) is 0.566. The van der Waals surface area contributed by atoms with Crippen LogP contribution in [0, 0.1) is 0 Å². The van der Waals surface area contributed by atoms with Crippen molar-refractivity contribution in [1.82, 2.24) is 14.2 Å². The number of hydrogen-bond acceptors (Lipinski definition) is 8. The summed E-state index contributed by atoms with van der Waals surface area (Å²) in [4.78, 5) is 22.7. The number of anilines is 1. The molecule has 1 saturated heterocycles. The first-order chi connectivity index (χ1) is 18.7. The van der Waals surface area contributed by atoms with Crippen LogP contribution >= 0.6 is 11.3 Å². The van der Waals surface area contributed by atoms with E-state index >= 15 is 0 Å². The molecule has 2 heterocycles. The van der Waals surface area contributed by atoms with E-state index in [4.69, 9.17) is 14.5 Å². The number of thiazole rings is 1. The minimum Gasteiger partial charge on any atom is -0.493 e. The highest BCUT2D eigenvalue weighted by atomic mass is 32.2. The third kappa shape index (κ3) is 6.21. The number of rotatable bonds is 11. The first-order valence-electron chi connectivity index (χ1n) is 13.4. The van der Waals surface area contributed by atoms with Gasteiger partial charge < -0.3 is 14.4 Å². The van der Waals surface area contributed by atoms with E-state index in [9.17, 15) is 13.2 Å². The van der Waals surface area contributed by atoms with Crippen molar-refractivity contribution in [3.63, 3.8) is 0 Å². The first-order valence-corrected chi connectivity index (χ1v) is 15.7. The molecule has 0 saturated carbocycles. The molecule has 0 N–H and O–H groups in total. The molecule has 2 aromatic carbocycles. The lowest BCUT2D eigenvalue weighted by molar-refractivity contribution is 0.0983. The SMILES string of the molecule is CCN(CC)CCN(C(=O)c1ccc(S(=O)(=O)N2CCCCC2C)cc1)c1nc2cc(OC)c(OC)cc2s1. The van der Waals surface area contributed by atoms with E-state index in [0.717, 1.165) is 37.1 Å². The van der Waals surface area contributed by atoms with Crippen molar-refractivity contribution in [2.45, 2.75) is 51.0 Å². The Bertz CT molecular complexity index is 1350. The minimum absolute atomic E-state index is 0.0306. The van der Waals surface area contributed by atoms with Crippen LogP contribution in [0.3, 0.4) is 0 Å². The van der Waals surface area contributed by atoms with Crippen LogP contribution < -0.4 is 14.4 Å². The van der Waals surface area contributed by atoms with Crippen LogP contribution in [-0.2, 0) is 10.0 Å². The molecule has 1 aliphatic heterocycles. The molecule has 0 radical (unpaired) electrons. The van der Waals surface area contributed by atoms with Crippen molar-refractivity contribution in [2.24, 2.45) is 0 Å². The van der Waals surface area contributed by atoms with Crippen LogP contribution in [0.2, 0.25) is 0 Å². The summed E-state index contributed by atoms with van der Waals surface area (Å²) in [6, 6.07) is 9.94. The monoisotopic (exact) mass is 574 g/mol. The van der Waals surface area contributed by atoms with Crippen LogP contribution in [-0.4, -0.2) is 81.5 Å². The number of hydrogen-bond donors (Lipinski definition) is 0. The van der Waals surface area contributed by atoms with Gasteiger partial charge in [0.15, 0.2) is 16.6 Å². The van der Waals surface area contributed by atoms with E-state index in [2.05, 4.69) is 18.7 Å². The number of piperidine rings is 1. The standard InChI is InChI=1S/C28H38N4O5S2/c1-6-30(7-2)16-17-31(28-29-23-18-24(36-4)25(37-5)19-26(23)38-28)27(33)21-11-13-22(14-12-21)39(34,35)32-15-9-8-10-20(32)3/h11-14,18-20H,6-10,15-17H2,1-5H3. The van der Waals surface area contributed by atoms with Gasteiger partial charge in [-0.3, -0.25) is 9.69 Å². The number of carbonyl (C=O) groups is 1. The van der Waals surface area contributed by atoms with Gasteiger partial charge in [-0.1, -0.05) is 31.6 Å². The summed E-state index contributed by atoms with van der Waals surface area (Å²) in [7, 11) is -0.456. The highest BCUT2D eigenvalue weighted by Crippen LogP contribution is 2.37. The van der Waals surface area contributed by atoms with Gasteiger partial charge in [0.1, 0.15) is 0 Å². The maximum atomic E-state index is 13.8. The van der Waals surface area contributed by atoms with Gasteiger partial charge in [-0.05, 0) is 57.1 Å². The quantitative estimate of drug-likeness (QED) is 0.323. The Kier molecular flexibility index (Phi) is 9.47. The zero-order valence-corrected chi connectivity index (χ0v) is 25.0. The van der Waals surface area contributed by atoms with E-state index in [1.54, 1.807) is 47.7 Å². The second kappa shape index (κ2) is 12.6. The van der Waals surface area contributed by atoms with E-state index in [0.29, 0.717) is 47.3 Å². The Balaban J connectivity index is 1.65. The molecule has 1 aliphatic rings. The second-order valence-corrected chi connectivity index (χ2v) is 12.5. The predicted molar refractivity (Wildman–Crippen MR) is 156 cm³/mol. The average molecular weight is 575 g/mol.